The number of nitrogens with one attached hydrogen (secondary N) is 1. The van der Waals surface area contributed by atoms with Crippen LogP contribution in [0.5, 0.6) is 0 Å². The van der Waals surface area contributed by atoms with Gasteiger partial charge in [0.2, 0.25) is 5.91 Å². The molecule has 0 aliphatic carbocycles. The number of non-ortho nitro benzene ring substituents is 1. The number of hydrogen-bond donors (Lipinski definition) is 1. The number of nitro groups is 1. The number of amides is 1. The van der Waals surface area contributed by atoms with Crippen molar-refractivity contribution in [3.63, 3.8) is 0 Å². The highest BCUT2D eigenvalue weighted by Gasteiger charge is 2.15. The lowest BCUT2D eigenvalue weighted by Crippen LogP contribution is -2.12. The molecule has 0 heterocycles. The topological polar surface area (TPSA) is 96.0 Å². The molecule has 0 saturated carbocycles. The minimum absolute atomic E-state index is 0.0305. The second-order valence-corrected chi connectivity index (χ2v) is 5.25. The van der Waals surface area contributed by atoms with Crippen LogP contribution in [-0.2, 0) is 4.79 Å². The Morgan fingerprint density at radius 2 is 2.00 bits per heavy atom. The van der Waals surface area contributed by atoms with Crippen LogP contribution in [0.15, 0.2) is 12.1 Å². The SMILES string of the molecule is N#CCC(=O)Nc1c(I)cc([N+](=O)[O-])cc1I. The zero-order chi connectivity index (χ0) is 13.0. The first kappa shape index (κ1) is 14.1. The molecule has 0 spiro atoms. The highest BCUT2D eigenvalue weighted by atomic mass is 127. The number of benzene rings is 1. The highest BCUT2D eigenvalue weighted by molar-refractivity contribution is 14.1. The second-order valence-electron chi connectivity index (χ2n) is 2.92. The van der Waals surface area contributed by atoms with Gasteiger partial charge in [0.15, 0.2) is 0 Å². The lowest BCUT2D eigenvalue weighted by atomic mass is 10.3. The number of anilines is 1. The van der Waals surface area contributed by atoms with E-state index in [-0.39, 0.29) is 12.1 Å². The third kappa shape index (κ3) is 3.77. The van der Waals surface area contributed by atoms with E-state index in [2.05, 4.69) is 5.32 Å². The minimum Gasteiger partial charge on any atom is -0.323 e. The molecule has 1 aromatic rings. The Labute approximate surface area is 124 Å². The molecule has 1 amide bonds. The van der Waals surface area contributed by atoms with Gasteiger partial charge < -0.3 is 5.32 Å². The van der Waals surface area contributed by atoms with Crippen molar-refractivity contribution in [3.8, 4) is 6.07 Å². The predicted octanol–water partition coefficient (Wildman–Crippen LogP) is 2.66. The van der Waals surface area contributed by atoms with Crippen LogP contribution in [0.25, 0.3) is 0 Å². The van der Waals surface area contributed by atoms with Gasteiger partial charge in [0.1, 0.15) is 6.42 Å². The summed E-state index contributed by atoms with van der Waals surface area (Å²) in [5.41, 5.74) is 0.467. The van der Waals surface area contributed by atoms with E-state index in [1.54, 1.807) is 6.07 Å². The van der Waals surface area contributed by atoms with Crippen molar-refractivity contribution in [1.82, 2.24) is 0 Å². The van der Waals surface area contributed by atoms with Crippen molar-refractivity contribution < 1.29 is 9.72 Å². The van der Waals surface area contributed by atoms with Gasteiger partial charge in [0.05, 0.1) is 16.7 Å². The predicted molar refractivity (Wildman–Crippen MR) is 77.4 cm³/mol. The van der Waals surface area contributed by atoms with Crippen LogP contribution in [-0.4, -0.2) is 10.8 Å². The number of nitro benzene ring substituents is 1. The first-order valence-corrected chi connectivity index (χ1v) is 6.41. The maximum Gasteiger partial charge on any atom is 0.271 e. The molecule has 6 nitrogen and oxygen atoms in total. The van der Waals surface area contributed by atoms with E-state index in [0.29, 0.717) is 12.8 Å². The highest BCUT2D eigenvalue weighted by Crippen LogP contribution is 2.29. The Hall–Kier alpha value is -0.960. The summed E-state index contributed by atoms with van der Waals surface area (Å²) in [7, 11) is 0. The van der Waals surface area contributed by atoms with Crippen molar-refractivity contribution in [1.29, 1.82) is 5.26 Å². The third-order valence-electron chi connectivity index (χ3n) is 1.74. The fraction of sp³-hybridized carbons (Fsp3) is 0.111. The molecule has 17 heavy (non-hydrogen) atoms. The molecular formula is C9H5I2N3O3. The van der Waals surface area contributed by atoms with Crippen LogP contribution in [0, 0.1) is 28.6 Å². The molecule has 0 radical (unpaired) electrons. The molecule has 1 rings (SSSR count). The van der Waals surface area contributed by atoms with Gasteiger partial charge in [0, 0.05) is 19.3 Å². The van der Waals surface area contributed by atoms with Gasteiger partial charge in [-0.2, -0.15) is 5.26 Å². The minimum atomic E-state index is -0.495. The van der Waals surface area contributed by atoms with Gasteiger partial charge in [-0.3, -0.25) is 14.9 Å². The number of hydrogen-bond acceptors (Lipinski definition) is 4. The van der Waals surface area contributed by atoms with Gasteiger partial charge in [-0.25, -0.2) is 0 Å². The summed E-state index contributed by atoms with van der Waals surface area (Å²) in [6.07, 6.45) is -0.247. The Balaban J connectivity index is 3.07. The fourth-order valence-corrected chi connectivity index (χ4v) is 3.04. The molecule has 0 unspecified atom stereocenters. The number of rotatable bonds is 3. The first-order valence-electron chi connectivity index (χ1n) is 4.26. The molecule has 8 heteroatoms. The Kier molecular flexibility index (Phi) is 5.06. The van der Waals surface area contributed by atoms with Crippen LogP contribution in [0.1, 0.15) is 6.42 Å². The zero-order valence-electron chi connectivity index (χ0n) is 8.24. The van der Waals surface area contributed by atoms with Gasteiger partial charge in [0.25, 0.3) is 5.69 Å². The summed E-state index contributed by atoms with van der Waals surface area (Å²) in [6, 6.07) is 4.46. The van der Waals surface area contributed by atoms with E-state index < -0.39 is 10.8 Å². The summed E-state index contributed by atoms with van der Waals surface area (Å²) in [5.74, 6) is -0.433. The Morgan fingerprint density at radius 3 is 2.41 bits per heavy atom. The van der Waals surface area contributed by atoms with Gasteiger partial charge in [-0.1, -0.05) is 0 Å². The van der Waals surface area contributed by atoms with Crippen molar-refractivity contribution >= 4 is 62.5 Å². The largest absolute Gasteiger partial charge is 0.323 e. The van der Waals surface area contributed by atoms with Crippen molar-refractivity contribution in [2.45, 2.75) is 6.42 Å². The van der Waals surface area contributed by atoms with Crippen LogP contribution < -0.4 is 5.32 Å². The summed E-state index contributed by atoms with van der Waals surface area (Å²) in [4.78, 5) is 21.4. The molecule has 0 saturated heterocycles. The molecule has 88 valence electrons. The van der Waals surface area contributed by atoms with Gasteiger partial charge >= 0.3 is 0 Å². The number of nitriles is 1. The van der Waals surface area contributed by atoms with Crippen molar-refractivity contribution in [3.05, 3.63) is 29.4 Å². The number of carbonyl (C=O) groups excluding carboxylic acids is 1. The molecule has 1 aromatic carbocycles. The molecule has 0 atom stereocenters. The van der Waals surface area contributed by atoms with Crippen molar-refractivity contribution in [2.75, 3.05) is 5.32 Å². The monoisotopic (exact) mass is 457 g/mol. The molecule has 0 aliphatic heterocycles. The summed E-state index contributed by atoms with van der Waals surface area (Å²) >= 11 is 3.80. The van der Waals surface area contributed by atoms with Crippen molar-refractivity contribution in [2.24, 2.45) is 0 Å². The van der Waals surface area contributed by atoms with Gasteiger partial charge in [-0.05, 0) is 45.2 Å². The van der Waals surface area contributed by atoms with E-state index in [0.717, 1.165) is 0 Å². The zero-order valence-corrected chi connectivity index (χ0v) is 12.6. The quantitative estimate of drug-likeness (QED) is 0.429. The van der Waals surface area contributed by atoms with Crippen LogP contribution in [0.4, 0.5) is 11.4 Å². The maximum atomic E-state index is 11.3. The molecule has 0 aliphatic rings. The lowest BCUT2D eigenvalue weighted by Gasteiger charge is -2.08. The number of carbonyl (C=O) groups is 1. The molecule has 1 N–H and O–H groups in total. The van der Waals surface area contributed by atoms with Crippen LogP contribution in [0.3, 0.4) is 0 Å². The van der Waals surface area contributed by atoms with Crippen LogP contribution in [0.2, 0.25) is 0 Å². The van der Waals surface area contributed by atoms with E-state index in [4.69, 9.17) is 5.26 Å². The average molecular weight is 457 g/mol. The van der Waals surface area contributed by atoms with E-state index in [1.165, 1.54) is 12.1 Å². The standard InChI is InChI=1S/C9H5I2N3O3/c10-6-3-5(14(16)17)4-7(11)9(6)13-8(15)1-2-12/h3-4H,1H2,(H,13,15). The second kappa shape index (κ2) is 6.10. The van der Waals surface area contributed by atoms with E-state index in [9.17, 15) is 14.9 Å². The average Bonchev–Trinajstić information content (AvgIpc) is 2.23. The lowest BCUT2D eigenvalue weighted by molar-refractivity contribution is -0.385. The van der Waals surface area contributed by atoms with Crippen LogP contribution >= 0.6 is 45.2 Å². The fourth-order valence-electron chi connectivity index (χ4n) is 1.04. The first-order chi connectivity index (χ1) is 7.95. The number of halogens is 2. The Bertz CT molecular complexity index is 502. The van der Waals surface area contributed by atoms with E-state index >= 15 is 0 Å². The normalized spacial score (nSPS) is 9.47. The molecule has 0 fully saturated rings. The van der Waals surface area contributed by atoms with E-state index in [1.807, 2.05) is 45.2 Å². The maximum absolute atomic E-state index is 11.3. The van der Waals surface area contributed by atoms with Gasteiger partial charge in [-0.15, -0.1) is 0 Å². The number of nitrogens with zero attached hydrogens (tertiary/aromatic N) is 2. The molecule has 0 aromatic heterocycles. The molecular weight excluding hydrogens is 452 g/mol. The smallest absolute Gasteiger partial charge is 0.271 e. The summed E-state index contributed by atoms with van der Waals surface area (Å²) < 4.78 is 1.12. The molecule has 0 bridgehead atoms. The Morgan fingerprint density at radius 1 is 1.47 bits per heavy atom. The third-order valence-corrected chi connectivity index (χ3v) is 3.44. The summed E-state index contributed by atoms with van der Waals surface area (Å²) in [5, 5.41) is 21.5. The summed E-state index contributed by atoms with van der Waals surface area (Å²) in [6.45, 7) is 0.